The Morgan fingerprint density at radius 2 is 1.89 bits per heavy atom. The fourth-order valence-electron chi connectivity index (χ4n) is 2.15. The number of rotatable bonds is 3. The zero-order valence-electron chi connectivity index (χ0n) is 11.9. The van der Waals surface area contributed by atoms with Crippen LogP contribution in [0.15, 0.2) is 24.3 Å². The molecule has 0 saturated carbocycles. The molecule has 4 heteroatoms. The molecule has 0 aliphatic rings. The predicted molar refractivity (Wildman–Crippen MR) is 79.8 cm³/mol. The van der Waals surface area contributed by atoms with Crippen molar-refractivity contribution < 1.29 is 0 Å². The summed E-state index contributed by atoms with van der Waals surface area (Å²) in [6.07, 6.45) is 0. The average molecular weight is 256 g/mol. The van der Waals surface area contributed by atoms with Crippen molar-refractivity contribution in [2.24, 2.45) is 0 Å². The fraction of sp³-hybridized carbons (Fsp3) is 0.333. The van der Waals surface area contributed by atoms with Gasteiger partial charge in [0.2, 0.25) is 0 Å². The molecule has 0 aliphatic carbocycles. The van der Waals surface area contributed by atoms with E-state index in [4.69, 9.17) is 5.73 Å². The van der Waals surface area contributed by atoms with Crippen LogP contribution in [-0.2, 0) is 0 Å². The summed E-state index contributed by atoms with van der Waals surface area (Å²) in [7, 11) is 0. The van der Waals surface area contributed by atoms with Gasteiger partial charge >= 0.3 is 0 Å². The van der Waals surface area contributed by atoms with Crippen molar-refractivity contribution in [3.05, 3.63) is 41.2 Å². The lowest BCUT2D eigenvalue weighted by Crippen LogP contribution is -2.20. The molecule has 0 bridgehead atoms. The minimum Gasteiger partial charge on any atom is -0.383 e. The van der Waals surface area contributed by atoms with Gasteiger partial charge in [-0.05, 0) is 45.4 Å². The summed E-state index contributed by atoms with van der Waals surface area (Å²) in [5, 5.41) is 0. The summed E-state index contributed by atoms with van der Waals surface area (Å²) in [5.74, 6) is 2.14. The van der Waals surface area contributed by atoms with Gasteiger partial charge in [0.05, 0.1) is 0 Å². The number of hydrogen-bond acceptors (Lipinski definition) is 4. The molecule has 2 aromatic rings. The van der Waals surface area contributed by atoms with Crippen LogP contribution in [0, 0.1) is 20.8 Å². The van der Waals surface area contributed by atoms with Crippen LogP contribution in [0.2, 0.25) is 0 Å². The summed E-state index contributed by atoms with van der Waals surface area (Å²) < 4.78 is 0. The van der Waals surface area contributed by atoms with E-state index in [0.717, 1.165) is 23.6 Å². The van der Waals surface area contributed by atoms with Crippen molar-refractivity contribution in [3.63, 3.8) is 0 Å². The fourth-order valence-corrected chi connectivity index (χ4v) is 2.15. The van der Waals surface area contributed by atoms with Crippen LogP contribution in [0.4, 0.5) is 17.3 Å². The van der Waals surface area contributed by atoms with Crippen LogP contribution in [0.25, 0.3) is 0 Å². The largest absolute Gasteiger partial charge is 0.383 e. The zero-order chi connectivity index (χ0) is 14.0. The first kappa shape index (κ1) is 13.3. The van der Waals surface area contributed by atoms with E-state index in [1.54, 1.807) is 0 Å². The highest BCUT2D eigenvalue weighted by molar-refractivity contribution is 5.66. The summed E-state index contributed by atoms with van der Waals surface area (Å²) >= 11 is 0. The molecule has 2 rings (SSSR count). The van der Waals surface area contributed by atoms with E-state index in [9.17, 15) is 0 Å². The molecule has 0 amide bonds. The van der Waals surface area contributed by atoms with Gasteiger partial charge in [0, 0.05) is 17.8 Å². The quantitative estimate of drug-likeness (QED) is 0.916. The molecule has 0 aliphatic heterocycles. The van der Waals surface area contributed by atoms with Crippen LogP contribution in [0.1, 0.15) is 23.9 Å². The van der Waals surface area contributed by atoms with Crippen LogP contribution in [-0.4, -0.2) is 16.5 Å². The van der Waals surface area contributed by atoms with Gasteiger partial charge in [0.1, 0.15) is 17.5 Å². The molecule has 0 spiro atoms. The molecule has 19 heavy (non-hydrogen) atoms. The number of anilines is 3. The molecule has 0 saturated heterocycles. The minimum atomic E-state index is 0.550. The van der Waals surface area contributed by atoms with Gasteiger partial charge in [0.25, 0.3) is 0 Å². The van der Waals surface area contributed by atoms with Gasteiger partial charge in [-0.25, -0.2) is 9.97 Å². The molecule has 0 atom stereocenters. The van der Waals surface area contributed by atoms with Crippen molar-refractivity contribution in [2.45, 2.75) is 27.7 Å². The monoisotopic (exact) mass is 256 g/mol. The zero-order valence-corrected chi connectivity index (χ0v) is 11.9. The number of nitrogens with two attached hydrogens (primary N) is 1. The first-order chi connectivity index (χ1) is 9.02. The lowest BCUT2D eigenvalue weighted by Gasteiger charge is -2.24. The molecular formula is C15H20N4. The Balaban J connectivity index is 2.54. The van der Waals surface area contributed by atoms with Gasteiger partial charge in [-0.2, -0.15) is 0 Å². The van der Waals surface area contributed by atoms with Crippen molar-refractivity contribution in [3.8, 4) is 0 Å². The van der Waals surface area contributed by atoms with E-state index in [-0.39, 0.29) is 0 Å². The smallest absolute Gasteiger partial charge is 0.141 e. The maximum Gasteiger partial charge on any atom is 0.141 e. The van der Waals surface area contributed by atoms with Gasteiger partial charge in [-0.15, -0.1) is 0 Å². The number of nitrogens with zero attached hydrogens (tertiary/aromatic N) is 3. The lowest BCUT2D eigenvalue weighted by atomic mass is 10.2. The molecule has 0 fully saturated rings. The first-order valence-corrected chi connectivity index (χ1v) is 6.48. The molecule has 1 aromatic carbocycles. The highest BCUT2D eigenvalue weighted by Gasteiger charge is 2.14. The molecular weight excluding hydrogens is 236 g/mol. The minimum absolute atomic E-state index is 0.550. The average Bonchev–Trinajstić information content (AvgIpc) is 2.36. The van der Waals surface area contributed by atoms with Crippen LogP contribution in [0.5, 0.6) is 0 Å². The van der Waals surface area contributed by atoms with Gasteiger partial charge in [-0.1, -0.05) is 12.1 Å². The van der Waals surface area contributed by atoms with E-state index in [1.165, 1.54) is 5.56 Å². The second kappa shape index (κ2) is 5.26. The Morgan fingerprint density at radius 3 is 2.53 bits per heavy atom. The maximum atomic E-state index is 5.94. The Morgan fingerprint density at radius 1 is 1.16 bits per heavy atom. The summed E-state index contributed by atoms with van der Waals surface area (Å²) in [5.41, 5.74) is 9.23. The number of benzene rings is 1. The van der Waals surface area contributed by atoms with Crippen molar-refractivity contribution in [2.75, 3.05) is 17.2 Å². The van der Waals surface area contributed by atoms with E-state index < -0.39 is 0 Å². The van der Waals surface area contributed by atoms with Crippen LogP contribution < -0.4 is 10.6 Å². The molecule has 0 radical (unpaired) electrons. The molecule has 0 unspecified atom stereocenters. The third kappa shape index (κ3) is 2.67. The molecule has 1 heterocycles. The molecule has 100 valence electrons. The SMILES string of the molecule is CCN(c1cccc(C)c1)c1nc(C)nc(N)c1C. The van der Waals surface area contributed by atoms with E-state index in [1.807, 2.05) is 13.8 Å². The summed E-state index contributed by atoms with van der Waals surface area (Å²) in [6, 6.07) is 8.38. The topological polar surface area (TPSA) is 55.0 Å². The number of aryl methyl sites for hydroxylation is 2. The highest BCUT2D eigenvalue weighted by Crippen LogP contribution is 2.28. The Kier molecular flexibility index (Phi) is 3.69. The second-order valence-corrected chi connectivity index (χ2v) is 4.69. The molecule has 4 nitrogen and oxygen atoms in total. The number of aromatic nitrogens is 2. The summed E-state index contributed by atoms with van der Waals surface area (Å²) in [6.45, 7) is 8.85. The lowest BCUT2D eigenvalue weighted by molar-refractivity contribution is 0.940. The molecule has 2 N–H and O–H groups in total. The van der Waals surface area contributed by atoms with E-state index in [0.29, 0.717) is 11.6 Å². The molecule has 1 aromatic heterocycles. The van der Waals surface area contributed by atoms with Crippen LogP contribution in [0.3, 0.4) is 0 Å². The Labute approximate surface area is 114 Å². The third-order valence-corrected chi connectivity index (χ3v) is 3.15. The Bertz CT molecular complexity index is 593. The Hall–Kier alpha value is -2.10. The number of hydrogen-bond donors (Lipinski definition) is 1. The van der Waals surface area contributed by atoms with Crippen molar-refractivity contribution in [1.82, 2.24) is 9.97 Å². The number of nitrogen functional groups attached to an aromatic ring is 1. The van der Waals surface area contributed by atoms with Gasteiger partial charge in [-0.3, -0.25) is 0 Å². The van der Waals surface area contributed by atoms with Crippen molar-refractivity contribution >= 4 is 17.3 Å². The predicted octanol–water partition coefficient (Wildman–Crippen LogP) is 3.14. The maximum absolute atomic E-state index is 5.94. The van der Waals surface area contributed by atoms with Gasteiger partial charge in [0.15, 0.2) is 0 Å². The first-order valence-electron chi connectivity index (χ1n) is 6.48. The second-order valence-electron chi connectivity index (χ2n) is 4.69. The van der Waals surface area contributed by atoms with Crippen molar-refractivity contribution in [1.29, 1.82) is 0 Å². The highest BCUT2D eigenvalue weighted by atomic mass is 15.2. The standard InChI is InChI=1S/C15H20N4/c1-5-19(13-8-6-7-10(2)9-13)15-11(3)14(16)17-12(4)18-15/h6-9H,5H2,1-4H3,(H2,16,17,18). The third-order valence-electron chi connectivity index (χ3n) is 3.15. The van der Waals surface area contributed by atoms with E-state index in [2.05, 4.69) is 53.0 Å². The van der Waals surface area contributed by atoms with E-state index >= 15 is 0 Å². The van der Waals surface area contributed by atoms with Crippen LogP contribution >= 0.6 is 0 Å². The summed E-state index contributed by atoms with van der Waals surface area (Å²) in [4.78, 5) is 10.9. The normalized spacial score (nSPS) is 10.5. The van der Waals surface area contributed by atoms with Gasteiger partial charge < -0.3 is 10.6 Å².